The Balaban J connectivity index is 2.19. The minimum absolute atomic E-state index is 0.0453. The molecule has 3 rings (SSSR count). The van der Waals surface area contributed by atoms with Gasteiger partial charge in [-0.1, -0.05) is 23.7 Å². The maximum absolute atomic E-state index is 12.3. The summed E-state index contributed by atoms with van der Waals surface area (Å²) in [6.07, 6.45) is 0. The van der Waals surface area contributed by atoms with Gasteiger partial charge in [-0.2, -0.15) is 0 Å². The Labute approximate surface area is 133 Å². The number of benzene rings is 2. The van der Waals surface area contributed by atoms with Gasteiger partial charge in [0.25, 0.3) is 5.43 Å². The summed E-state index contributed by atoms with van der Waals surface area (Å²) in [6, 6.07) is 13.2. The SMILES string of the molecule is O=c1c([N+](=O)[O-])c(Sc2ccc(Cl)cc2)oc2ccccc12. The molecule has 0 N–H and O–H groups in total. The van der Waals surface area contributed by atoms with Gasteiger partial charge in [-0.25, -0.2) is 0 Å². The molecule has 110 valence electrons. The Morgan fingerprint density at radius 1 is 1.09 bits per heavy atom. The molecule has 0 amide bonds. The fourth-order valence-electron chi connectivity index (χ4n) is 1.95. The molecule has 22 heavy (non-hydrogen) atoms. The third kappa shape index (κ3) is 2.70. The van der Waals surface area contributed by atoms with Crippen molar-refractivity contribution < 1.29 is 9.34 Å². The average molecular weight is 334 g/mol. The van der Waals surface area contributed by atoms with Crippen molar-refractivity contribution in [1.82, 2.24) is 0 Å². The first-order chi connectivity index (χ1) is 10.6. The third-order valence-corrected chi connectivity index (χ3v) is 4.17. The fraction of sp³-hybridized carbons (Fsp3) is 0. The number of para-hydroxylation sites is 1. The molecule has 0 atom stereocenters. The predicted molar refractivity (Wildman–Crippen MR) is 84.7 cm³/mol. The molecule has 0 spiro atoms. The number of rotatable bonds is 3. The lowest BCUT2D eigenvalue weighted by molar-refractivity contribution is -0.390. The maximum Gasteiger partial charge on any atom is 0.366 e. The molecule has 7 heteroatoms. The molecule has 0 aliphatic rings. The molecule has 0 bridgehead atoms. The van der Waals surface area contributed by atoms with E-state index in [4.69, 9.17) is 16.0 Å². The normalized spacial score (nSPS) is 10.8. The molecule has 3 aromatic rings. The van der Waals surface area contributed by atoms with Crippen molar-refractivity contribution in [3.8, 4) is 0 Å². The van der Waals surface area contributed by atoms with Crippen molar-refractivity contribution in [2.24, 2.45) is 0 Å². The van der Waals surface area contributed by atoms with E-state index in [0.717, 1.165) is 11.8 Å². The van der Waals surface area contributed by atoms with E-state index in [-0.39, 0.29) is 10.5 Å². The first kappa shape index (κ1) is 14.6. The minimum atomic E-state index is -0.712. The summed E-state index contributed by atoms with van der Waals surface area (Å²) in [7, 11) is 0. The van der Waals surface area contributed by atoms with E-state index in [0.29, 0.717) is 15.5 Å². The van der Waals surface area contributed by atoms with E-state index in [2.05, 4.69) is 0 Å². The highest BCUT2D eigenvalue weighted by molar-refractivity contribution is 7.99. The van der Waals surface area contributed by atoms with Crippen LogP contribution in [0.2, 0.25) is 5.02 Å². The molecule has 0 radical (unpaired) electrons. The molecule has 0 saturated carbocycles. The van der Waals surface area contributed by atoms with E-state index in [1.165, 1.54) is 6.07 Å². The van der Waals surface area contributed by atoms with Crippen LogP contribution in [0.1, 0.15) is 0 Å². The van der Waals surface area contributed by atoms with Crippen LogP contribution in [-0.2, 0) is 0 Å². The van der Waals surface area contributed by atoms with Crippen molar-refractivity contribution in [1.29, 1.82) is 0 Å². The molecule has 2 aromatic carbocycles. The summed E-state index contributed by atoms with van der Waals surface area (Å²) >= 11 is 6.82. The highest BCUT2D eigenvalue weighted by Gasteiger charge is 2.25. The molecular formula is C15H8ClNO4S. The van der Waals surface area contributed by atoms with E-state index in [1.54, 1.807) is 42.5 Å². The summed E-state index contributed by atoms with van der Waals surface area (Å²) in [6.45, 7) is 0. The first-order valence-corrected chi connectivity index (χ1v) is 7.39. The number of nitrogens with zero attached hydrogens (tertiary/aromatic N) is 1. The van der Waals surface area contributed by atoms with Gasteiger partial charge in [0.1, 0.15) is 5.58 Å². The van der Waals surface area contributed by atoms with Crippen molar-refractivity contribution >= 4 is 40.0 Å². The van der Waals surface area contributed by atoms with E-state index in [9.17, 15) is 14.9 Å². The monoisotopic (exact) mass is 333 g/mol. The zero-order valence-corrected chi connectivity index (χ0v) is 12.6. The Bertz CT molecular complexity index is 921. The van der Waals surface area contributed by atoms with E-state index in [1.807, 2.05) is 0 Å². The molecule has 0 saturated heterocycles. The van der Waals surface area contributed by atoms with Crippen LogP contribution in [0, 0.1) is 10.1 Å². The van der Waals surface area contributed by atoms with Crippen LogP contribution in [0.5, 0.6) is 0 Å². The Kier molecular flexibility index (Phi) is 3.87. The van der Waals surface area contributed by atoms with Crippen LogP contribution in [0.3, 0.4) is 0 Å². The van der Waals surface area contributed by atoms with Gasteiger partial charge in [0, 0.05) is 9.92 Å². The molecule has 0 aliphatic carbocycles. The lowest BCUT2D eigenvalue weighted by Crippen LogP contribution is -2.09. The summed E-state index contributed by atoms with van der Waals surface area (Å²) in [5, 5.41) is 11.9. The van der Waals surface area contributed by atoms with Crippen molar-refractivity contribution in [3.63, 3.8) is 0 Å². The maximum atomic E-state index is 12.3. The molecule has 0 fully saturated rings. The van der Waals surface area contributed by atoms with E-state index >= 15 is 0 Å². The summed E-state index contributed by atoms with van der Waals surface area (Å²) in [5.41, 5.74) is -0.892. The largest absolute Gasteiger partial charge is 0.442 e. The number of nitro groups is 1. The highest BCUT2D eigenvalue weighted by atomic mass is 35.5. The molecule has 1 aromatic heterocycles. The zero-order chi connectivity index (χ0) is 15.7. The Morgan fingerprint density at radius 2 is 1.77 bits per heavy atom. The quantitative estimate of drug-likeness (QED) is 0.521. The average Bonchev–Trinajstić information content (AvgIpc) is 2.49. The predicted octanol–water partition coefficient (Wildman–Crippen LogP) is 4.51. The number of hydrogen-bond acceptors (Lipinski definition) is 5. The van der Waals surface area contributed by atoms with Crippen LogP contribution < -0.4 is 5.43 Å². The van der Waals surface area contributed by atoms with Crippen LogP contribution >= 0.6 is 23.4 Å². The standard InChI is InChI=1S/C15H8ClNO4S/c16-9-5-7-10(8-6-9)22-15-13(17(19)20)14(18)11-3-1-2-4-12(11)21-15/h1-8H. The molecule has 5 nitrogen and oxygen atoms in total. The molecule has 1 heterocycles. The van der Waals surface area contributed by atoms with Crippen molar-refractivity contribution in [2.75, 3.05) is 0 Å². The van der Waals surface area contributed by atoms with Gasteiger partial charge in [-0.3, -0.25) is 14.9 Å². The lowest BCUT2D eigenvalue weighted by atomic mass is 10.2. The topological polar surface area (TPSA) is 73.3 Å². The second-order valence-electron chi connectivity index (χ2n) is 4.38. The Hall–Kier alpha value is -2.31. The van der Waals surface area contributed by atoms with Gasteiger partial charge in [0.2, 0.25) is 5.09 Å². The summed E-state index contributed by atoms with van der Waals surface area (Å²) in [5.74, 6) is 0. The Morgan fingerprint density at radius 3 is 2.45 bits per heavy atom. The zero-order valence-electron chi connectivity index (χ0n) is 11.0. The summed E-state index contributed by atoms with van der Waals surface area (Å²) < 4.78 is 5.56. The fourth-order valence-corrected chi connectivity index (χ4v) is 2.96. The highest BCUT2D eigenvalue weighted by Crippen LogP contribution is 2.35. The van der Waals surface area contributed by atoms with E-state index < -0.39 is 16.0 Å². The summed E-state index contributed by atoms with van der Waals surface area (Å²) in [4.78, 5) is 23.5. The van der Waals surface area contributed by atoms with Gasteiger partial charge in [-0.05, 0) is 48.2 Å². The number of hydrogen-bond donors (Lipinski definition) is 0. The van der Waals surface area contributed by atoms with Gasteiger partial charge in [-0.15, -0.1) is 0 Å². The van der Waals surface area contributed by atoms with Gasteiger partial charge in [0.05, 0.1) is 10.3 Å². The third-order valence-electron chi connectivity index (χ3n) is 2.95. The first-order valence-electron chi connectivity index (χ1n) is 6.20. The minimum Gasteiger partial charge on any atom is -0.442 e. The van der Waals surface area contributed by atoms with Gasteiger partial charge in [0.15, 0.2) is 0 Å². The van der Waals surface area contributed by atoms with Crippen molar-refractivity contribution in [2.45, 2.75) is 9.99 Å². The second kappa shape index (κ2) is 5.82. The molecule has 0 unspecified atom stereocenters. The van der Waals surface area contributed by atoms with Crippen molar-refractivity contribution in [3.05, 3.63) is 73.9 Å². The van der Waals surface area contributed by atoms with Gasteiger partial charge >= 0.3 is 5.69 Å². The molecular weight excluding hydrogens is 326 g/mol. The second-order valence-corrected chi connectivity index (χ2v) is 5.86. The van der Waals surface area contributed by atoms with Crippen LogP contribution in [-0.4, -0.2) is 4.92 Å². The lowest BCUT2D eigenvalue weighted by Gasteiger charge is -2.04. The number of fused-ring (bicyclic) bond motifs is 1. The van der Waals surface area contributed by atoms with Crippen LogP contribution in [0.25, 0.3) is 11.0 Å². The smallest absolute Gasteiger partial charge is 0.366 e. The number of halogens is 1. The van der Waals surface area contributed by atoms with Crippen LogP contribution in [0.4, 0.5) is 5.69 Å². The van der Waals surface area contributed by atoms with Gasteiger partial charge < -0.3 is 4.42 Å². The molecule has 0 aliphatic heterocycles. The van der Waals surface area contributed by atoms with Crippen LogP contribution in [0.15, 0.2) is 67.7 Å².